The van der Waals surface area contributed by atoms with Crippen molar-refractivity contribution in [1.29, 1.82) is 0 Å². The number of hydrogen-bond acceptors (Lipinski definition) is 2. The van der Waals surface area contributed by atoms with Gasteiger partial charge in [-0.3, -0.25) is 0 Å². The average molecular weight is 263 g/mol. The van der Waals surface area contributed by atoms with Crippen LogP contribution < -0.4 is 0 Å². The van der Waals surface area contributed by atoms with Crippen LogP contribution in [-0.2, 0) is 0 Å². The van der Waals surface area contributed by atoms with Crippen molar-refractivity contribution in [1.82, 2.24) is 0 Å². The maximum absolute atomic E-state index is 3.51. The van der Waals surface area contributed by atoms with E-state index in [1.807, 2.05) is 0 Å². The van der Waals surface area contributed by atoms with Crippen LogP contribution in [0.2, 0.25) is 0 Å². The third kappa shape index (κ3) is 2.06. The molecular weight excluding hydrogens is 252 g/mol. The molecule has 1 aromatic rings. The molecule has 1 aliphatic rings. The second-order valence-corrected chi connectivity index (χ2v) is 6.54. The summed E-state index contributed by atoms with van der Waals surface area (Å²) in [4.78, 5) is 0. The fraction of sp³-hybridized carbons (Fsp3) is 0.556. The lowest BCUT2D eigenvalue weighted by molar-refractivity contribution is 0.662. The van der Waals surface area contributed by atoms with Gasteiger partial charge in [0.1, 0.15) is 0 Å². The van der Waals surface area contributed by atoms with E-state index in [2.05, 4.69) is 39.1 Å². The van der Waals surface area contributed by atoms with E-state index in [4.69, 9.17) is 0 Å². The highest BCUT2D eigenvalue weighted by Crippen LogP contribution is 2.34. The van der Waals surface area contributed by atoms with Crippen LogP contribution in [0.4, 0.5) is 0 Å². The van der Waals surface area contributed by atoms with E-state index in [0.717, 1.165) is 5.92 Å². The maximum Gasteiger partial charge on any atom is 0.0701 e. The summed E-state index contributed by atoms with van der Waals surface area (Å²) in [6.07, 6.45) is 2.78. The van der Waals surface area contributed by atoms with Crippen molar-refractivity contribution in [2.45, 2.75) is 18.8 Å². The Hall–Kier alpha value is 0.530. The lowest BCUT2D eigenvalue weighted by atomic mass is 9.99. The number of halogens is 1. The van der Waals surface area contributed by atoms with E-state index >= 15 is 0 Å². The molecule has 0 aliphatic carbocycles. The minimum Gasteiger partial charge on any atom is -0.161 e. The Morgan fingerprint density at radius 2 is 2.42 bits per heavy atom. The van der Waals surface area contributed by atoms with Gasteiger partial charge in [0.2, 0.25) is 0 Å². The SMILES string of the molecule is Brc1cc(C2CCCSC2)cs1. The summed E-state index contributed by atoms with van der Waals surface area (Å²) in [7, 11) is 0. The quantitative estimate of drug-likeness (QED) is 0.734. The summed E-state index contributed by atoms with van der Waals surface area (Å²) < 4.78 is 1.27. The van der Waals surface area contributed by atoms with Crippen LogP contribution in [0.1, 0.15) is 24.3 Å². The van der Waals surface area contributed by atoms with E-state index in [0.29, 0.717) is 0 Å². The van der Waals surface area contributed by atoms with Crippen molar-refractivity contribution in [3.05, 3.63) is 20.8 Å². The van der Waals surface area contributed by atoms with Gasteiger partial charge in [0.15, 0.2) is 0 Å². The fourth-order valence-corrected chi connectivity index (χ4v) is 3.98. The molecule has 0 bridgehead atoms. The highest BCUT2D eigenvalue weighted by atomic mass is 79.9. The van der Waals surface area contributed by atoms with Crippen molar-refractivity contribution in [2.75, 3.05) is 11.5 Å². The van der Waals surface area contributed by atoms with Gasteiger partial charge in [0, 0.05) is 5.75 Å². The van der Waals surface area contributed by atoms with Gasteiger partial charge in [-0.25, -0.2) is 0 Å². The molecule has 1 fully saturated rings. The predicted molar refractivity (Wildman–Crippen MR) is 61.3 cm³/mol. The van der Waals surface area contributed by atoms with Crippen molar-refractivity contribution in [3.8, 4) is 0 Å². The van der Waals surface area contributed by atoms with Crippen LogP contribution in [0.15, 0.2) is 15.2 Å². The van der Waals surface area contributed by atoms with E-state index in [1.54, 1.807) is 16.9 Å². The molecule has 0 saturated carbocycles. The molecular formula is C9H11BrS2. The third-order valence-electron chi connectivity index (χ3n) is 2.22. The van der Waals surface area contributed by atoms with Crippen LogP contribution in [-0.4, -0.2) is 11.5 Å². The van der Waals surface area contributed by atoms with Gasteiger partial charge < -0.3 is 0 Å². The molecule has 1 atom stereocenters. The molecule has 0 N–H and O–H groups in total. The summed E-state index contributed by atoms with van der Waals surface area (Å²) in [6.45, 7) is 0. The molecule has 0 amide bonds. The molecule has 2 heterocycles. The Morgan fingerprint density at radius 3 is 3.00 bits per heavy atom. The second kappa shape index (κ2) is 4.16. The molecule has 1 aromatic heterocycles. The lowest BCUT2D eigenvalue weighted by Gasteiger charge is -2.19. The van der Waals surface area contributed by atoms with Gasteiger partial charge in [-0.15, -0.1) is 11.3 Å². The minimum absolute atomic E-state index is 0.825. The average Bonchev–Trinajstić information content (AvgIpc) is 2.54. The van der Waals surface area contributed by atoms with E-state index < -0.39 is 0 Å². The van der Waals surface area contributed by atoms with E-state index in [-0.39, 0.29) is 0 Å². The molecule has 66 valence electrons. The summed E-state index contributed by atoms with van der Waals surface area (Å²) >= 11 is 7.41. The summed E-state index contributed by atoms with van der Waals surface area (Å²) in [5.41, 5.74) is 1.54. The Labute approximate surface area is 89.9 Å². The van der Waals surface area contributed by atoms with Gasteiger partial charge in [0.25, 0.3) is 0 Å². The molecule has 12 heavy (non-hydrogen) atoms. The van der Waals surface area contributed by atoms with Crippen LogP contribution in [0.5, 0.6) is 0 Å². The Bertz CT molecular complexity index is 251. The van der Waals surface area contributed by atoms with Gasteiger partial charge in [-0.2, -0.15) is 11.8 Å². The topological polar surface area (TPSA) is 0 Å². The molecule has 1 saturated heterocycles. The molecule has 1 aliphatic heterocycles. The highest BCUT2D eigenvalue weighted by Gasteiger charge is 2.16. The van der Waals surface area contributed by atoms with E-state index in [1.165, 1.54) is 28.1 Å². The largest absolute Gasteiger partial charge is 0.161 e. The number of rotatable bonds is 1. The van der Waals surface area contributed by atoms with Gasteiger partial charge >= 0.3 is 0 Å². The molecule has 2 rings (SSSR count). The predicted octanol–water partition coefficient (Wildman–Crippen LogP) is 4.12. The second-order valence-electron chi connectivity index (χ2n) is 3.10. The first-order chi connectivity index (χ1) is 5.86. The van der Waals surface area contributed by atoms with Crippen molar-refractivity contribution < 1.29 is 0 Å². The molecule has 3 heteroatoms. The van der Waals surface area contributed by atoms with Gasteiger partial charge in [-0.05, 0) is 57.5 Å². The number of hydrogen-bond donors (Lipinski definition) is 0. The third-order valence-corrected chi connectivity index (χ3v) is 4.96. The van der Waals surface area contributed by atoms with Crippen molar-refractivity contribution in [2.24, 2.45) is 0 Å². The van der Waals surface area contributed by atoms with Gasteiger partial charge in [-0.1, -0.05) is 0 Å². The van der Waals surface area contributed by atoms with Crippen molar-refractivity contribution in [3.63, 3.8) is 0 Å². The standard InChI is InChI=1S/C9H11BrS2/c10-9-4-8(6-12-9)7-2-1-3-11-5-7/h4,6-7H,1-3,5H2. The lowest BCUT2D eigenvalue weighted by Crippen LogP contribution is -2.07. The fourth-order valence-electron chi connectivity index (χ4n) is 1.54. The van der Waals surface area contributed by atoms with Crippen LogP contribution >= 0.6 is 39.0 Å². The smallest absolute Gasteiger partial charge is 0.0701 e. The van der Waals surface area contributed by atoms with Crippen LogP contribution in [0, 0.1) is 0 Å². The minimum atomic E-state index is 0.825. The monoisotopic (exact) mass is 262 g/mol. The summed E-state index contributed by atoms with van der Waals surface area (Å²) in [5, 5.41) is 2.29. The first-order valence-electron chi connectivity index (χ1n) is 4.18. The first kappa shape index (κ1) is 9.10. The Kier molecular flexibility index (Phi) is 3.15. The molecule has 0 aromatic carbocycles. The zero-order chi connectivity index (χ0) is 8.39. The summed E-state index contributed by atoms with van der Waals surface area (Å²) in [5.74, 6) is 3.51. The molecule has 0 nitrogen and oxygen atoms in total. The molecule has 1 unspecified atom stereocenters. The zero-order valence-electron chi connectivity index (χ0n) is 6.75. The Morgan fingerprint density at radius 1 is 1.50 bits per heavy atom. The Balaban J connectivity index is 2.08. The van der Waals surface area contributed by atoms with E-state index in [9.17, 15) is 0 Å². The first-order valence-corrected chi connectivity index (χ1v) is 7.00. The van der Waals surface area contributed by atoms with Crippen LogP contribution in [0.25, 0.3) is 0 Å². The number of thioether (sulfide) groups is 1. The zero-order valence-corrected chi connectivity index (χ0v) is 9.97. The maximum atomic E-state index is 3.51. The molecule has 0 spiro atoms. The van der Waals surface area contributed by atoms with Crippen LogP contribution in [0.3, 0.4) is 0 Å². The number of thiophene rings is 1. The summed E-state index contributed by atoms with van der Waals surface area (Å²) in [6, 6.07) is 2.28. The normalized spacial score (nSPS) is 24.2. The molecule has 0 radical (unpaired) electrons. The van der Waals surface area contributed by atoms with Crippen molar-refractivity contribution >= 4 is 39.0 Å². The van der Waals surface area contributed by atoms with Gasteiger partial charge in [0.05, 0.1) is 3.79 Å². The highest BCUT2D eigenvalue weighted by molar-refractivity contribution is 9.11.